The minimum atomic E-state index is 0.0665. The first-order chi connectivity index (χ1) is 15.5. The van der Waals surface area contributed by atoms with Crippen LogP contribution in [0.1, 0.15) is 51.0 Å². The lowest BCUT2D eigenvalue weighted by Gasteiger charge is -2.31. The number of benzene rings is 2. The van der Waals surface area contributed by atoms with Crippen LogP contribution in [-0.2, 0) is 17.6 Å². The Bertz CT molecular complexity index is 1050. The number of nitrogens with two attached hydrogens (primary N) is 1. The van der Waals surface area contributed by atoms with E-state index in [0.29, 0.717) is 19.5 Å². The van der Waals surface area contributed by atoms with Gasteiger partial charge in [0.15, 0.2) is 0 Å². The van der Waals surface area contributed by atoms with E-state index in [9.17, 15) is 4.79 Å². The number of aliphatic imine (C=N–C) groups is 1. The number of hydrogen-bond acceptors (Lipinski definition) is 4. The van der Waals surface area contributed by atoms with Gasteiger partial charge in [-0.1, -0.05) is 35.9 Å². The quantitative estimate of drug-likeness (QED) is 0.661. The molecule has 6 heteroatoms. The standard InChI is InChI=1S/C26H30ClN3O2/c1-17-20(12-18-5-7-19(8-6-18)21(14-28)15-29-2)13-24-23(25(17)27)9-10-30(26(24)31)16-22-4-3-11-32-22/h5-8,13-15,22H,3-4,9-12,16,28H2,1-2H3/b21-14+,29-15?. The zero-order valence-electron chi connectivity index (χ0n) is 18.7. The number of halogens is 1. The highest BCUT2D eigenvalue weighted by Crippen LogP contribution is 2.33. The monoisotopic (exact) mass is 451 g/mol. The normalized spacial score (nSPS) is 19.1. The molecule has 2 N–H and O–H groups in total. The highest BCUT2D eigenvalue weighted by atomic mass is 35.5. The van der Waals surface area contributed by atoms with Crippen molar-refractivity contribution in [2.24, 2.45) is 10.7 Å². The third kappa shape index (κ3) is 4.59. The summed E-state index contributed by atoms with van der Waals surface area (Å²) in [6, 6.07) is 10.3. The van der Waals surface area contributed by atoms with Crippen LogP contribution in [0.5, 0.6) is 0 Å². The molecule has 1 amide bonds. The maximum absolute atomic E-state index is 13.3. The molecule has 32 heavy (non-hydrogen) atoms. The fourth-order valence-corrected chi connectivity index (χ4v) is 4.91. The number of fused-ring (bicyclic) bond motifs is 1. The van der Waals surface area contributed by atoms with Crippen LogP contribution in [0, 0.1) is 6.92 Å². The van der Waals surface area contributed by atoms with Crippen molar-refractivity contribution >= 4 is 29.3 Å². The number of ether oxygens (including phenoxy) is 1. The van der Waals surface area contributed by atoms with Crippen LogP contribution in [0.15, 0.2) is 41.5 Å². The lowest BCUT2D eigenvalue weighted by molar-refractivity contribution is 0.0510. The summed E-state index contributed by atoms with van der Waals surface area (Å²) in [6.07, 6.45) is 7.06. The number of carbonyl (C=O) groups is 1. The maximum atomic E-state index is 13.3. The van der Waals surface area contributed by atoms with E-state index >= 15 is 0 Å². The van der Waals surface area contributed by atoms with Crippen molar-refractivity contribution < 1.29 is 9.53 Å². The topological polar surface area (TPSA) is 67.9 Å². The van der Waals surface area contributed by atoms with E-state index in [-0.39, 0.29) is 12.0 Å². The van der Waals surface area contributed by atoms with Crippen molar-refractivity contribution in [2.75, 3.05) is 26.7 Å². The lowest BCUT2D eigenvalue weighted by atomic mass is 9.90. The van der Waals surface area contributed by atoms with Gasteiger partial charge in [-0.15, -0.1) is 0 Å². The summed E-state index contributed by atoms with van der Waals surface area (Å²) in [5, 5.41) is 0.728. The van der Waals surface area contributed by atoms with E-state index in [1.54, 1.807) is 19.5 Å². The lowest BCUT2D eigenvalue weighted by Crippen LogP contribution is -2.42. The number of allylic oxidation sites excluding steroid dienone is 1. The average molecular weight is 452 g/mol. The molecule has 1 atom stereocenters. The van der Waals surface area contributed by atoms with E-state index in [4.69, 9.17) is 22.1 Å². The summed E-state index contributed by atoms with van der Waals surface area (Å²) >= 11 is 6.75. The van der Waals surface area contributed by atoms with Gasteiger partial charge in [0.05, 0.1) is 6.10 Å². The highest BCUT2D eigenvalue weighted by Gasteiger charge is 2.30. The van der Waals surface area contributed by atoms with Crippen molar-refractivity contribution in [3.05, 3.63) is 74.9 Å². The Morgan fingerprint density at radius 2 is 2.12 bits per heavy atom. The molecular formula is C26H30ClN3O2. The maximum Gasteiger partial charge on any atom is 0.254 e. The molecule has 5 nitrogen and oxygen atoms in total. The molecule has 2 aromatic rings. The molecule has 2 heterocycles. The van der Waals surface area contributed by atoms with Gasteiger partial charge in [-0.2, -0.15) is 0 Å². The molecule has 0 aliphatic carbocycles. The molecule has 168 valence electrons. The predicted octanol–water partition coefficient (Wildman–Crippen LogP) is 4.42. The summed E-state index contributed by atoms with van der Waals surface area (Å²) < 4.78 is 5.75. The third-order valence-corrected chi connectivity index (χ3v) is 6.96. The summed E-state index contributed by atoms with van der Waals surface area (Å²) in [4.78, 5) is 19.2. The van der Waals surface area contributed by atoms with Crippen molar-refractivity contribution in [2.45, 2.75) is 38.7 Å². The van der Waals surface area contributed by atoms with Crippen molar-refractivity contribution in [3.8, 4) is 0 Å². The van der Waals surface area contributed by atoms with Crippen LogP contribution in [0.3, 0.4) is 0 Å². The molecule has 0 aromatic heterocycles. The molecule has 2 aliphatic rings. The fraction of sp³-hybridized carbons (Fsp3) is 0.385. The fourth-order valence-electron chi connectivity index (χ4n) is 4.59. The summed E-state index contributed by atoms with van der Waals surface area (Å²) in [6.45, 7) is 4.20. The molecule has 0 spiro atoms. The molecule has 2 aliphatic heterocycles. The van der Waals surface area contributed by atoms with Crippen LogP contribution >= 0.6 is 11.6 Å². The van der Waals surface area contributed by atoms with Gasteiger partial charge in [0, 0.05) is 55.3 Å². The SMILES string of the molecule is CN=C/C(=C\N)c1ccc(Cc2cc3c(c(Cl)c2C)CCN(CC2CCCO2)C3=O)cc1. The summed E-state index contributed by atoms with van der Waals surface area (Å²) in [5.74, 6) is 0.0665. The second-order valence-electron chi connectivity index (χ2n) is 8.52. The summed E-state index contributed by atoms with van der Waals surface area (Å²) in [7, 11) is 1.73. The highest BCUT2D eigenvalue weighted by molar-refractivity contribution is 6.33. The smallest absolute Gasteiger partial charge is 0.254 e. The van der Waals surface area contributed by atoms with Gasteiger partial charge in [0.1, 0.15) is 0 Å². The Morgan fingerprint density at radius 1 is 1.34 bits per heavy atom. The zero-order valence-corrected chi connectivity index (χ0v) is 19.5. The number of nitrogens with zero attached hydrogens (tertiary/aromatic N) is 2. The van der Waals surface area contributed by atoms with Crippen LogP contribution in [-0.4, -0.2) is 49.9 Å². The molecule has 2 aromatic carbocycles. The minimum absolute atomic E-state index is 0.0665. The van der Waals surface area contributed by atoms with E-state index in [2.05, 4.69) is 17.1 Å². The Hall–Kier alpha value is -2.63. The van der Waals surface area contributed by atoms with E-state index in [1.165, 1.54) is 0 Å². The van der Waals surface area contributed by atoms with Crippen molar-refractivity contribution in [1.29, 1.82) is 0 Å². The van der Waals surface area contributed by atoms with Gasteiger partial charge in [0.25, 0.3) is 5.91 Å². The average Bonchev–Trinajstić information content (AvgIpc) is 3.31. The van der Waals surface area contributed by atoms with Gasteiger partial charge < -0.3 is 15.4 Å². The van der Waals surface area contributed by atoms with Crippen LogP contribution in [0.4, 0.5) is 0 Å². The van der Waals surface area contributed by atoms with Gasteiger partial charge >= 0.3 is 0 Å². The predicted molar refractivity (Wildman–Crippen MR) is 131 cm³/mol. The molecule has 1 unspecified atom stereocenters. The molecule has 1 saturated heterocycles. The number of rotatable bonds is 6. The number of hydrogen-bond donors (Lipinski definition) is 1. The first-order valence-corrected chi connectivity index (χ1v) is 11.5. The number of amides is 1. The zero-order chi connectivity index (χ0) is 22.7. The Morgan fingerprint density at radius 3 is 2.78 bits per heavy atom. The van der Waals surface area contributed by atoms with Crippen LogP contribution in [0.2, 0.25) is 5.02 Å². The Balaban J connectivity index is 1.57. The van der Waals surface area contributed by atoms with Gasteiger partial charge in [-0.25, -0.2) is 0 Å². The van der Waals surface area contributed by atoms with E-state index < -0.39 is 0 Å². The molecule has 4 rings (SSSR count). The Labute approximate surface area is 194 Å². The minimum Gasteiger partial charge on any atom is -0.404 e. The second kappa shape index (κ2) is 9.88. The molecule has 1 fully saturated rings. The number of carbonyl (C=O) groups excluding carboxylic acids is 1. The van der Waals surface area contributed by atoms with Crippen LogP contribution in [0.25, 0.3) is 5.57 Å². The third-order valence-electron chi connectivity index (χ3n) is 6.45. The van der Waals surface area contributed by atoms with Gasteiger partial charge in [0.2, 0.25) is 0 Å². The van der Waals surface area contributed by atoms with Gasteiger partial charge in [-0.3, -0.25) is 9.79 Å². The summed E-state index contributed by atoms with van der Waals surface area (Å²) in [5.41, 5.74) is 12.6. The molecular weight excluding hydrogens is 422 g/mol. The van der Waals surface area contributed by atoms with Crippen molar-refractivity contribution in [3.63, 3.8) is 0 Å². The first kappa shape index (κ1) is 22.6. The largest absolute Gasteiger partial charge is 0.404 e. The van der Waals surface area contributed by atoms with Gasteiger partial charge in [-0.05, 0) is 66.5 Å². The molecule has 0 saturated carbocycles. The van der Waals surface area contributed by atoms with Crippen molar-refractivity contribution in [1.82, 2.24) is 4.90 Å². The first-order valence-electron chi connectivity index (χ1n) is 11.2. The molecule has 0 radical (unpaired) electrons. The Kier molecular flexibility index (Phi) is 6.97. The molecule has 0 bridgehead atoms. The van der Waals surface area contributed by atoms with E-state index in [1.807, 2.05) is 30.0 Å². The van der Waals surface area contributed by atoms with Crippen LogP contribution < -0.4 is 5.73 Å². The van der Waals surface area contributed by atoms with E-state index in [0.717, 1.165) is 69.8 Å². The second-order valence-corrected chi connectivity index (χ2v) is 8.90.